The highest BCUT2D eigenvalue weighted by atomic mass is 16.6. The number of carbonyl (C=O) groups is 1. The van der Waals surface area contributed by atoms with Crippen LogP contribution in [0.1, 0.15) is 20.8 Å². The Morgan fingerprint density at radius 3 is 2.50 bits per heavy atom. The van der Waals surface area contributed by atoms with Crippen molar-refractivity contribution in [2.45, 2.75) is 26.4 Å². The van der Waals surface area contributed by atoms with Gasteiger partial charge in [0.05, 0.1) is 19.8 Å². The first kappa shape index (κ1) is 17.2. The van der Waals surface area contributed by atoms with Crippen molar-refractivity contribution in [2.24, 2.45) is 0 Å². The largest absolute Gasteiger partial charge is 0.444 e. The molecule has 18 heavy (non-hydrogen) atoms. The van der Waals surface area contributed by atoms with E-state index in [-0.39, 0.29) is 6.61 Å². The van der Waals surface area contributed by atoms with E-state index in [4.69, 9.17) is 14.6 Å². The van der Waals surface area contributed by atoms with Crippen LogP contribution in [0.5, 0.6) is 0 Å². The van der Waals surface area contributed by atoms with Gasteiger partial charge in [-0.1, -0.05) is 0 Å². The molecule has 0 radical (unpaired) electrons. The van der Waals surface area contributed by atoms with Gasteiger partial charge >= 0.3 is 6.09 Å². The summed E-state index contributed by atoms with van der Waals surface area (Å²) in [5, 5.41) is 11.3. The van der Waals surface area contributed by atoms with E-state index in [2.05, 4.69) is 5.32 Å². The number of aliphatic hydroxyl groups excluding tert-OH is 1. The van der Waals surface area contributed by atoms with Crippen LogP contribution < -0.4 is 5.32 Å². The molecule has 108 valence electrons. The van der Waals surface area contributed by atoms with E-state index in [0.717, 1.165) is 6.54 Å². The Morgan fingerprint density at radius 2 is 1.94 bits per heavy atom. The second-order valence-electron chi connectivity index (χ2n) is 5.07. The molecule has 0 saturated heterocycles. The summed E-state index contributed by atoms with van der Waals surface area (Å²) in [5.41, 5.74) is -0.474. The SMILES string of the molecule is CN(CCO)CCOCCNC(=O)OC(C)(C)C. The number of amides is 1. The van der Waals surface area contributed by atoms with E-state index in [1.54, 1.807) is 0 Å². The average molecular weight is 262 g/mol. The van der Waals surface area contributed by atoms with Gasteiger partial charge in [-0.15, -0.1) is 0 Å². The molecule has 0 aromatic carbocycles. The summed E-state index contributed by atoms with van der Waals surface area (Å²) in [5.74, 6) is 0. The van der Waals surface area contributed by atoms with Crippen LogP contribution in [0.15, 0.2) is 0 Å². The molecule has 0 spiro atoms. The van der Waals surface area contributed by atoms with Crippen molar-refractivity contribution in [1.82, 2.24) is 10.2 Å². The molecule has 0 aliphatic carbocycles. The van der Waals surface area contributed by atoms with Gasteiger partial charge in [0.15, 0.2) is 0 Å². The van der Waals surface area contributed by atoms with Gasteiger partial charge in [0.2, 0.25) is 0 Å². The number of likely N-dealkylation sites (N-methyl/N-ethyl adjacent to an activating group) is 1. The van der Waals surface area contributed by atoms with E-state index in [9.17, 15) is 4.79 Å². The van der Waals surface area contributed by atoms with Gasteiger partial charge in [0.25, 0.3) is 0 Å². The second kappa shape index (κ2) is 9.13. The predicted octanol–water partition coefficient (Wildman–Crippen LogP) is 0.452. The van der Waals surface area contributed by atoms with Crippen molar-refractivity contribution in [1.29, 1.82) is 0 Å². The monoisotopic (exact) mass is 262 g/mol. The first-order chi connectivity index (χ1) is 8.35. The van der Waals surface area contributed by atoms with Crippen LogP contribution in [-0.4, -0.2) is 68.2 Å². The van der Waals surface area contributed by atoms with Crippen LogP contribution in [0.25, 0.3) is 0 Å². The van der Waals surface area contributed by atoms with Crippen LogP contribution >= 0.6 is 0 Å². The molecular formula is C12H26N2O4. The molecule has 0 rings (SSSR count). The van der Waals surface area contributed by atoms with Crippen LogP contribution in [0.2, 0.25) is 0 Å². The zero-order chi connectivity index (χ0) is 14.0. The van der Waals surface area contributed by atoms with Gasteiger partial charge in [-0.25, -0.2) is 4.79 Å². The molecule has 0 bridgehead atoms. The van der Waals surface area contributed by atoms with Crippen molar-refractivity contribution in [3.8, 4) is 0 Å². The van der Waals surface area contributed by atoms with E-state index in [0.29, 0.717) is 26.3 Å². The highest BCUT2D eigenvalue weighted by Gasteiger charge is 2.15. The Morgan fingerprint density at radius 1 is 1.28 bits per heavy atom. The molecule has 6 nitrogen and oxygen atoms in total. The number of nitrogens with one attached hydrogen (secondary N) is 1. The number of rotatable bonds is 8. The minimum absolute atomic E-state index is 0.150. The molecule has 0 heterocycles. The first-order valence-corrected chi connectivity index (χ1v) is 6.19. The van der Waals surface area contributed by atoms with E-state index in [1.807, 2.05) is 32.7 Å². The first-order valence-electron chi connectivity index (χ1n) is 6.19. The summed E-state index contributed by atoms with van der Waals surface area (Å²) in [7, 11) is 1.92. The summed E-state index contributed by atoms with van der Waals surface area (Å²) < 4.78 is 10.4. The number of ether oxygens (including phenoxy) is 2. The Balaban J connectivity index is 3.38. The standard InChI is InChI=1S/C12H26N2O4/c1-12(2,3)18-11(16)13-5-9-17-10-7-14(4)6-8-15/h15H,5-10H2,1-4H3,(H,13,16). The van der Waals surface area contributed by atoms with Gasteiger partial charge in [-0.3, -0.25) is 0 Å². The van der Waals surface area contributed by atoms with Crippen molar-refractivity contribution in [3.63, 3.8) is 0 Å². The number of nitrogens with zero attached hydrogens (tertiary/aromatic N) is 1. The maximum Gasteiger partial charge on any atom is 0.407 e. The van der Waals surface area contributed by atoms with E-state index < -0.39 is 11.7 Å². The van der Waals surface area contributed by atoms with Crippen LogP contribution in [0, 0.1) is 0 Å². The molecule has 0 aromatic rings. The molecule has 0 aliphatic heterocycles. The fraction of sp³-hybridized carbons (Fsp3) is 0.917. The smallest absolute Gasteiger partial charge is 0.407 e. The molecular weight excluding hydrogens is 236 g/mol. The van der Waals surface area contributed by atoms with Crippen molar-refractivity contribution in [2.75, 3.05) is 46.5 Å². The summed E-state index contributed by atoms with van der Waals surface area (Å²) in [6.07, 6.45) is -0.427. The van der Waals surface area contributed by atoms with Gasteiger partial charge in [0.1, 0.15) is 5.60 Å². The number of alkyl carbamates (subject to hydrolysis) is 1. The Labute approximate surface area is 109 Å². The Kier molecular flexibility index (Phi) is 8.70. The van der Waals surface area contributed by atoms with Crippen molar-refractivity contribution >= 4 is 6.09 Å². The maximum atomic E-state index is 11.3. The Hall–Kier alpha value is -0.850. The Bertz CT molecular complexity index is 229. The number of hydrogen-bond acceptors (Lipinski definition) is 5. The van der Waals surface area contributed by atoms with Crippen LogP contribution in [0.4, 0.5) is 4.79 Å². The zero-order valence-corrected chi connectivity index (χ0v) is 11.9. The molecule has 0 aromatic heterocycles. The molecule has 0 saturated carbocycles. The number of aliphatic hydroxyl groups is 1. The third kappa shape index (κ3) is 11.6. The maximum absolute atomic E-state index is 11.3. The lowest BCUT2D eigenvalue weighted by atomic mass is 10.2. The lowest BCUT2D eigenvalue weighted by Crippen LogP contribution is -2.34. The lowest BCUT2D eigenvalue weighted by Gasteiger charge is -2.19. The van der Waals surface area contributed by atoms with E-state index in [1.165, 1.54) is 0 Å². The quantitative estimate of drug-likeness (QED) is 0.622. The van der Waals surface area contributed by atoms with Gasteiger partial charge in [-0.2, -0.15) is 0 Å². The van der Waals surface area contributed by atoms with Crippen LogP contribution in [-0.2, 0) is 9.47 Å². The zero-order valence-electron chi connectivity index (χ0n) is 11.9. The third-order valence-electron chi connectivity index (χ3n) is 2.01. The minimum Gasteiger partial charge on any atom is -0.444 e. The molecule has 1 amide bonds. The molecule has 0 fully saturated rings. The summed E-state index contributed by atoms with van der Waals surface area (Å²) in [6, 6.07) is 0. The number of hydrogen-bond donors (Lipinski definition) is 2. The minimum atomic E-state index is -0.474. The molecule has 6 heteroatoms. The summed E-state index contributed by atoms with van der Waals surface area (Å²) in [6.45, 7) is 8.46. The lowest BCUT2D eigenvalue weighted by molar-refractivity contribution is 0.0491. The predicted molar refractivity (Wildman–Crippen MR) is 69.6 cm³/mol. The third-order valence-corrected chi connectivity index (χ3v) is 2.01. The molecule has 2 N–H and O–H groups in total. The van der Waals surface area contributed by atoms with Crippen molar-refractivity contribution in [3.05, 3.63) is 0 Å². The van der Waals surface area contributed by atoms with Crippen LogP contribution in [0.3, 0.4) is 0 Å². The summed E-state index contributed by atoms with van der Waals surface area (Å²) >= 11 is 0. The topological polar surface area (TPSA) is 71.0 Å². The molecule has 0 unspecified atom stereocenters. The average Bonchev–Trinajstić information content (AvgIpc) is 2.21. The van der Waals surface area contributed by atoms with Gasteiger partial charge in [-0.05, 0) is 27.8 Å². The van der Waals surface area contributed by atoms with Gasteiger partial charge in [0, 0.05) is 19.6 Å². The molecule has 0 aliphatic rings. The second-order valence-corrected chi connectivity index (χ2v) is 5.07. The van der Waals surface area contributed by atoms with E-state index >= 15 is 0 Å². The summed E-state index contributed by atoms with van der Waals surface area (Å²) in [4.78, 5) is 13.2. The number of carbonyl (C=O) groups excluding carboxylic acids is 1. The fourth-order valence-corrected chi connectivity index (χ4v) is 1.14. The fourth-order valence-electron chi connectivity index (χ4n) is 1.14. The highest BCUT2D eigenvalue weighted by Crippen LogP contribution is 2.05. The molecule has 0 atom stereocenters. The highest BCUT2D eigenvalue weighted by molar-refractivity contribution is 5.67. The van der Waals surface area contributed by atoms with Crippen molar-refractivity contribution < 1.29 is 19.4 Å². The normalized spacial score (nSPS) is 11.7. The van der Waals surface area contributed by atoms with Gasteiger partial charge < -0.3 is 24.8 Å².